The Balaban J connectivity index is 1.41. The van der Waals surface area contributed by atoms with Crippen LogP contribution in [0.2, 0.25) is 0 Å². The Morgan fingerprint density at radius 2 is 1.70 bits per heavy atom. The summed E-state index contributed by atoms with van der Waals surface area (Å²) in [5, 5.41) is 10.6. The number of ether oxygens (including phenoxy) is 2. The zero-order chi connectivity index (χ0) is 27.1. The molecule has 0 radical (unpaired) electrons. The van der Waals surface area contributed by atoms with E-state index in [-0.39, 0.29) is 28.6 Å². The lowest BCUT2D eigenvalue weighted by Gasteiger charge is -2.58. The summed E-state index contributed by atoms with van der Waals surface area (Å²) in [6.07, 6.45) is 7.62. The summed E-state index contributed by atoms with van der Waals surface area (Å²) in [5.41, 5.74) is -0.844. The number of hydrogen-bond donors (Lipinski definition) is 1. The molecule has 5 rings (SSSR count). The van der Waals surface area contributed by atoms with Crippen molar-refractivity contribution in [3.8, 4) is 0 Å². The minimum absolute atomic E-state index is 0.00196. The maximum Gasteiger partial charge on any atom is 0.303 e. The van der Waals surface area contributed by atoms with Gasteiger partial charge in [-0.15, -0.1) is 0 Å². The fourth-order valence-electron chi connectivity index (χ4n) is 10.8. The van der Waals surface area contributed by atoms with Crippen molar-refractivity contribution in [2.24, 2.45) is 51.8 Å². The average Bonchev–Trinajstić information content (AvgIpc) is 3.29. The molecule has 6 nitrogen and oxygen atoms in total. The second kappa shape index (κ2) is 8.79. The first-order valence-electron chi connectivity index (χ1n) is 14.7. The summed E-state index contributed by atoms with van der Waals surface area (Å²) >= 11 is 0. The minimum Gasteiger partial charge on any atom is -0.458 e. The van der Waals surface area contributed by atoms with Gasteiger partial charge in [0, 0.05) is 38.0 Å². The van der Waals surface area contributed by atoms with E-state index in [0.29, 0.717) is 35.4 Å². The van der Waals surface area contributed by atoms with Gasteiger partial charge in [0.1, 0.15) is 18.0 Å². The van der Waals surface area contributed by atoms with E-state index in [4.69, 9.17) is 9.47 Å². The molecule has 5 aliphatic rings. The molecular weight excluding hydrogens is 468 g/mol. The van der Waals surface area contributed by atoms with Crippen LogP contribution in [0.1, 0.15) is 106 Å². The Bertz CT molecular complexity index is 967. The van der Waals surface area contributed by atoms with E-state index in [9.17, 15) is 19.5 Å². The Kier molecular flexibility index (Phi) is 6.45. The molecule has 1 N–H and O–H groups in total. The van der Waals surface area contributed by atoms with E-state index in [1.165, 1.54) is 33.1 Å². The number of esters is 2. The number of ketones is 1. The lowest BCUT2D eigenvalue weighted by atomic mass is 9.45. The summed E-state index contributed by atoms with van der Waals surface area (Å²) in [5.74, 6) is 2.20. The molecule has 5 aliphatic carbocycles. The highest BCUT2D eigenvalue weighted by Crippen LogP contribution is 2.80. The summed E-state index contributed by atoms with van der Waals surface area (Å²) in [7, 11) is 0. The number of carbonyl (C=O) groups excluding carboxylic acids is 3. The van der Waals surface area contributed by atoms with Crippen molar-refractivity contribution in [1.29, 1.82) is 0 Å². The molecule has 5 fully saturated rings. The molecule has 0 aromatic rings. The molecule has 0 saturated heterocycles. The third-order valence-corrected chi connectivity index (χ3v) is 12.2. The minimum atomic E-state index is -1.08. The average molecular weight is 517 g/mol. The van der Waals surface area contributed by atoms with E-state index < -0.39 is 29.7 Å². The van der Waals surface area contributed by atoms with Crippen molar-refractivity contribution in [2.75, 3.05) is 0 Å². The van der Waals surface area contributed by atoms with Gasteiger partial charge in [-0.05, 0) is 99.2 Å². The summed E-state index contributed by atoms with van der Waals surface area (Å²) in [6.45, 7) is 13.1. The van der Waals surface area contributed by atoms with Gasteiger partial charge in [-0.1, -0.05) is 20.8 Å². The zero-order valence-electron chi connectivity index (χ0n) is 24.0. The summed E-state index contributed by atoms with van der Waals surface area (Å²) in [6, 6.07) is 0. The number of carbonyl (C=O) groups is 3. The van der Waals surface area contributed by atoms with Gasteiger partial charge in [-0.25, -0.2) is 0 Å². The van der Waals surface area contributed by atoms with E-state index in [1.54, 1.807) is 13.8 Å². The standard InChI is InChI=1S/C31H48O6/c1-17(27(37-19(3)33)25(36-18(2)32)16-28(4,5)35)22-8-9-23-21-14-26(34)31-15-20(31)10-13-30(31,7)24(21)11-12-29(22,23)6/h17,20-25,27,35H,8-16H2,1-7H3/t17-,20+,21-,22+,23-,24-,25-,27+,29+,30+,31-/m0/s1. The second-order valence-corrected chi connectivity index (χ2v) is 14.7. The van der Waals surface area contributed by atoms with Crippen LogP contribution in [-0.2, 0) is 23.9 Å². The predicted molar refractivity (Wildman–Crippen MR) is 139 cm³/mol. The first kappa shape index (κ1) is 27.1. The smallest absolute Gasteiger partial charge is 0.303 e. The van der Waals surface area contributed by atoms with E-state index >= 15 is 0 Å². The largest absolute Gasteiger partial charge is 0.458 e. The van der Waals surface area contributed by atoms with Crippen LogP contribution in [0, 0.1) is 51.8 Å². The molecule has 0 aliphatic heterocycles. The zero-order valence-corrected chi connectivity index (χ0v) is 24.0. The quantitative estimate of drug-likeness (QED) is 0.451. The Morgan fingerprint density at radius 1 is 1.03 bits per heavy atom. The van der Waals surface area contributed by atoms with Crippen molar-refractivity contribution in [2.45, 2.75) is 124 Å². The van der Waals surface area contributed by atoms with Crippen LogP contribution in [0.3, 0.4) is 0 Å². The topological polar surface area (TPSA) is 89.9 Å². The molecule has 37 heavy (non-hydrogen) atoms. The van der Waals surface area contributed by atoms with Gasteiger partial charge in [0.25, 0.3) is 0 Å². The first-order chi connectivity index (χ1) is 17.1. The van der Waals surface area contributed by atoms with Crippen molar-refractivity contribution in [3.05, 3.63) is 0 Å². The van der Waals surface area contributed by atoms with Crippen molar-refractivity contribution >= 4 is 17.7 Å². The van der Waals surface area contributed by atoms with Crippen LogP contribution in [0.5, 0.6) is 0 Å². The number of Topliss-reactive ketones (excluding diaryl/α,β-unsaturated/α-hetero) is 1. The second-order valence-electron chi connectivity index (χ2n) is 14.7. The van der Waals surface area contributed by atoms with Gasteiger partial charge in [-0.2, -0.15) is 0 Å². The van der Waals surface area contributed by atoms with E-state index in [0.717, 1.165) is 32.1 Å². The lowest BCUT2D eigenvalue weighted by molar-refractivity contribution is -0.179. The van der Waals surface area contributed by atoms with E-state index in [1.807, 2.05) is 0 Å². The normalized spacial score (nSPS) is 44.5. The third-order valence-electron chi connectivity index (χ3n) is 12.2. The monoisotopic (exact) mass is 516 g/mol. The maximum atomic E-state index is 13.6. The van der Waals surface area contributed by atoms with Gasteiger partial charge in [0.05, 0.1) is 5.60 Å². The van der Waals surface area contributed by atoms with Crippen LogP contribution in [0.15, 0.2) is 0 Å². The van der Waals surface area contributed by atoms with Crippen LogP contribution in [0.4, 0.5) is 0 Å². The molecule has 1 spiro atoms. The Morgan fingerprint density at radius 3 is 2.30 bits per heavy atom. The van der Waals surface area contributed by atoms with Crippen LogP contribution in [0.25, 0.3) is 0 Å². The number of fused-ring (bicyclic) bond motifs is 4. The van der Waals surface area contributed by atoms with Crippen molar-refractivity contribution in [3.63, 3.8) is 0 Å². The molecular formula is C31H48O6. The van der Waals surface area contributed by atoms with Crippen molar-refractivity contribution < 1.29 is 29.0 Å². The fraction of sp³-hybridized carbons (Fsp3) is 0.903. The molecule has 0 amide bonds. The van der Waals surface area contributed by atoms with Crippen LogP contribution < -0.4 is 0 Å². The van der Waals surface area contributed by atoms with Crippen LogP contribution in [-0.4, -0.2) is 40.6 Å². The molecule has 208 valence electrons. The predicted octanol–water partition coefficient (Wildman–Crippen LogP) is 5.48. The molecule has 11 atom stereocenters. The fourth-order valence-corrected chi connectivity index (χ4v) is 10.8. The summed E-state index contributed by atoms with van der Waals surface area (Å²) < 4.78 is 11.6. The Labute approximate surface area is 222 Å². The number of rotatable bonds is 7. The Hall–Kier alpha value is -1.43. The van der Waals surface area contributed by atoms with Crippen molar-refractivity contribution in [1.82, 2.24) is 0 Å². The maximum absolute atomic E-state index is 13.6. The third kappa shape index (κ3) is 4.10. The van der Waals surface area contributed by atoms with Gasteiger partial charge in [0.2, 0.25) is 0 Å². The SMILES string of the molecule is CC(=O)O[C@H]([C@@H](C)[C@H]1CC[C@H]2[C@@H]3CC(=O)[C@]45C[C@H]4CC[C@]5(C)[C@H]3CC[C@]12C)[C@H](CC(C)(C)O)OC(C)=O. The molecule has 6 heteroatoms. The highest BCUT2D eigenvalue weighted by Gasteiger charge is 2.77. The van der Waals surface area contributed by atoms with Gasteiger partial charge in [0.15, 0.2) is 0 Å². The van der Waals surface area contributed by atoms with Gasteiger partial charge in [-0.3, -0.25) is 14.4 Å². The van der Waals surface area contributed by atoms with Crippen LogP contribution >= 0.6 is 0 Å². The molecule has 0 aromatic heterocycles. The molecule has 0 heterocycles. The molecule has 5 saturated carbocycles. The first-order valence-corrected chi connectivity index (χ1v) is 14.7. The highest BCUT2D eigenvalue weighted by molar-refractivity contribution is 5.91. The number of aliphatic hydroxyl groups is 1. The van der Waals surface area contributed by atoms with Gasteiger partial charge < -0.3 is 14.6 Å². The number of hydrogen-bond acceptors (Lipinski definition) is 6. The summed E-state index contributed by atoms with van der Waals surface area (Å²) in [4.78, 5) is 37.9. The highest BCUT2D eigenvalue weighted by atomic mass is 16.6. The molecule has 0 bridgehead atoms. The van der Waals surface area contributed by atoms with E-state index in [2.05, 4.69) is 20.8 Å². The van der Waals surface area contributed by atoms with Gasteiger partial charge >= 0.3 is 11.9 Å². The lowest BCUT2D eigenvalue weighted by Crippen LogP contribution is -2.56. The molecule has 0 aromatic carbocycles. The molecule has 0 unspecified atom stereocenters.